The van der Waals surface area contributed by atoms with Crippen molar-refractivity contribution < 1.29 is 19.1 Å². The van der Waals surface area contributed by atoms with Gasteiger partial charge >= 0.3 is 5.97 Å². The average Bonchev–Trinajstić information content (AvgIpc) is 2.60. The summed E-state index contributed by atoms with van der Waals surface area (Å²) in [5.74, 6) is -0.164. The summed E-state index contributed by atoms with van der Waals surface area (Å²) in [5, 5.41) is 3.49. The van der Waals surface area contributed by atoms with E-state index in [0.29, 0.717) is 16.3 Å². The molecule has 2 aromatic rings. The van der Waals surface area contributed by atoms with E-state index in [1.54, 1.807) is 36.4 Å². The smallest absolute Gasteiger partial charge is 0.337 e. The molecule has 0 aliphatic rings. The van der Waals surface area contributed by atoms with Crippen molar-refractivity contribution in [3.63, 3.8) is 0 Å². The Bertz CT molecular complexity index is 698. The molecule has 0 aliphatic heterocycles. The van der Waals surface area contributed by atoms with Crippen molar-refractivity contribution in [3.05, 3.63) is 64.7 Å². The number of carbonyl (C=O) groups is 2. The van der Waals surface area contributed by atoms with Crippen LogP contribution in [0.3, 0.4) is 0 Å². The van der Waals surface area contributed by atoms with Crippen LogP contribution in [0.1, 0.15) is 28.9 Å². The zero-order valence-electron chi connectivity index (χ0n) is 13.4. The monoisotopic (exact) mass is 347 g/mol. The number of carbonyl (C=O) groups excluding carboxylic acids is 2. The van der Waals surface area contributed by atoms with E-state index in [2.05, 4.69) is 10.1 Å². The maximum atomic E-state index is 12.0. The van der Waals surface area contributed by atoms with Gasteiger partial charge in [0.15, 0.2) is 6.61 Å². The molecule has 6 heteroatoms. The number of rotatable bonds is 6. The second kappa shape index (κ2) is 8.36. The Balaban J connectivity index is 1.84. The molecule has 24 heavy (non-hydrogen) atoms. The van der Waals surface area contributed by atoms with Gasteiger partial charge in [-0.3, -0.25) is 4.79 Å². The number of amides is 1. The first kappa shape index (κ1) is 17.8. The van der Waals surface area contributed by atoms with Gasteiger partial charge in [0, 0.05) is 5.02 Å². The van der Waals surface area contributed by atoms with E-state index in [-0.39, 0.29) is 18.6 Å². The third-order valence-corrected chi connectivity index (χ3v) is 3.64. The Morgan fingerprint density at radius 3 is 2.29 bits per heavy atom. The topological polar surface area (TPSA) is 64.6 Å². The van der Waals surface area contributed by atoms with Gasteiger partial charge in [0.2, 0.25) is 0 Å². The minimum absolute atomic E-state index is 0.116. The summed E-state index contributed by atoms with van der Waals surface area (Å²) in [6.07, 6.45) is 0. The molecule has 0 aliphatic carbocycles. The Kier molecular flexibility index (Phi) is 6.21. The standard InChI is InChI=1S/C18H18ClNO4/c1-12(13-3-7-15(19)8-4-13)20-17(21)11-24-16-9-5-14(6-10-16)18(22)23-2/h3-10,12H,11H2,1-2H3,(H,20,21). The Morgan fingerprint density at radius 1 is 1.08 bits per heavy atom. The molecular formula is C18H18ClNO4. The van der Waals surface area contributed by atoms with E-state index in [1.165, 1.54) is 7.11 Å². The van der Waals surface area contributed by atoms with Crippen molar-refractivity contribution in [2.45, 2.75) is 13.0 Å². The molecule has 1 unspecified atom stereocenters. The Hall–Kier alpha value is -2.53. The Morgan fingerprint density at radius 2 is 1.71 bits per heavy atom. The van der Waals surface area contributed by atoms with Crippen LogP contribution in [0.25, 0.3) is 0 Å². The number of ether oxygens (including phenoxy) is 2. The minimum atomic E-state index is -0.420. The fraction of sp³-hybridized carbons (Fsp3) is 0.222. The van der Waals surface area contributed by atoms with Gasteiger partial charge in [-0.05, 0) is 48.9 Å². The average molecular weight is 348 g/mol. The maximum Gasteiger partial charge on any atom is 0.337 e. The summed E-state index contributed by atoms with van der Waals surface area (Å²) in [6.45, 7) is 1.77. The summed E-state index contributed by atoms with van der Waals surface area (Å²) >= 11 is 5.84. The summed E-state index contributed by atoms with van der Waals surface area (Å²) in [7, 11) is 1.32. The number of hydrogen-bond donors (Lipinski definition) is 1. The normalized spacial score (nSPS) is 11.5. The molecule has 1 N–H and O–H groups in total. The fourth-order valence-corrected chi connectivity index (χ4v) is 2.20. The third-order valence-electron chi connectivity index (χ3n) is 3.39. The number of halogens is 1. The van der Waals surface area contributed by atoms with Gasteiger partial charge in [-0.25, -0.2) is 4.79 Å². The zero-order chi connectivity index (χ0) is 17.5. The fourth-order valence-electron chi connectivity index (χ4n) is 2.07. The van der Waals surface area contributed by atoms with Crippen molar-refractivity contribution in [1.29, 1.82) is 0 Å². The first-order valence-corrected chi connectivity index (χ1v) is 7.73. The van der Waals surface area contributed by atoms with Crippen molar-refractivity contribution in [2.24, 2.45) is 0 Å². The number of benzene rings is 2. The number of methoxy groups -OCH3 is 1. The molecular weight excluding hydrogens is 330 g/mol. The second-order valence-corrected chi connectivity index (χ2v) is 5.58. The third kappa shape index (κ3) is 4.99. The van der Waals surface area contributed by atoms with Crippen molar-refractivity contribution in [3.8, 4) is 5.75 Å². The van der Waals surface area contributed by atoms with Gasteiger partial charge in [0.05, 0.1) is 18.7 Å². The van der Waals surface area contributed by atoms with Gasteiger partial charge in [-0.15, -0.1) is 0 Å². The lowest BCUT2D eigenvalue weighted by Gasteiger charge is -2.15. The van der Waals surface area contributed by atoms with E-state index in [1.807, 2.05) is 19.1 Å². The number of nitrogens with one attached hydrogen (secondary N) is 1. The zero-order valence-corrected chi connectivity index (χ0v) is 14.2. The molecule has 0 aromatic heterocycles. The van der Waals surface area contributed by atoms with Crippen LogP contribution >= 0.6 is 11.6 Å². The van der Waals surface area contributed by atoms with Gasteiger partial charge < -0.3 is 14.8 Å². The molecule has 0 saturated carbocycles. The molecule has 0 heterocycles. The minimum Gasteiger partial charge on any atom is -0.484 e. The highest BCUT2D eigenvalue weighted by Crippen LogP contribution is 2.16. The van der Waals surface area contributed by atoms with Gasteiger partial charge in [0.25, 0.3) is 5.91 Å². The highest BCUT2D eigenvalue weighted by molar-refractivity contribution is 6.30. The van der Waals surface area contributed by atoms with E-state index >= 15 is 0 Å². The lowest BCUT2D eigenvalue weighted by molar-refractivity contribution is -0.123. The quantitative estimate of drug-likeness (QED) is 0.813. The SMILES string of the molecule is COC(=O)c1ccc(OCC(=O)NC(C)c2ccc(Cl)cc2)cc1. The maximum absolute atomic E-state index is 12.0. The molecule has 0 saturated heterocycles. The molecule has 1 atom stereocenters. The van der Waals surface area contributed by atoms with Crippen LogP contribution in [-0.2, 0) is 9.53 Å². The summed E-state index contributed by atoms with van der Waals surface area (Å²) in [6, 6.07) is 13.5. The first-order chi connectivity index (χ1) is 11.5. The molecule has 5 nitrogen and oxygen atoms in total. The molecule has 2 rings (SSSR count). The van der Waals surface area contributed by atoms with Gasteiger partial charge in [-0.1, -0.05) is 23.7 Å². The molecule has 0 bridgehead atoms. The molecule has 126 valence electrons. The van der Waals surface area contributed by atoms with Crippen LogP contribution in [0.2, 0.25) is 5.02 Å². The first-order valence-electron chi connectivity index (χ1n) is 7.35. The highest BCUT2D eigenvalue weighted by atomic mass is 35.5. The molecule has 1 amide bonds. The van der Waals surface area contributed by atoms with E-state index in [4.69, 9.17) is 16.3 Å². The van der Waals surface area contributed by atoms with Crippen LogP contribution < -0.4 is 10.1 Å². The van der Waals surface area contributed by atoms with E-state index in [0.717, 1.165) is 5.56 Å². The molecule has 0 radical (unpaired) electrons. The van der Waals surface area contributed by atoms with Crippen molar-refractivity contribution in [2.75, 3.05) is 13.7 Å². The lowest BCUT2D eigenvalue weighted by atomic mass is 10.1. The largest absolute Gasteiger partial charge is 0.484 e. The van der Waals surface area contributed by atoms with Crippen LogP contribution in [0.15, 0.2) is 48.5 Å². The van der Waals surface area contributed by atoms with Crippen molar-refractivity contribution >= 4 is 23.5 Å². The van der Waals surface area contributed by atoms with Crippen LogP contribution in [-0.4, -0.2) is 25.6 Å². The van der Waals surface area contributed by atoms with Crippen LogP contribution in [0, 0.1) is 0 Å². The van der Waals surface area contributed by atoms with E-state index < -0.39 is 5.97 Å². The van der Waals surface area contributed by atoms with Gasteiger partial charge in [-0.2, -0.15) is 0 Å². The predicted molar refractivity (Wildman–Crippen MR) is 91.3 cm³/mol. The van der Waals surface area contributed by atoms with Gasteiger partial charge in [0.1, 0.15) is 5.75 Å². The number of hydrogen-bond acceptors (Lipinski definition) is 4. The second-order valence-electron chi connectivity index (χ2n) is 5.15. The predicted octanol–water partition coefficient (Wildman–Crippen LogP) is 3.38. The molecule has 0 fully saturated rings. The summed E-state index contributed by atoms with van der Waals surface area (Å²) in [4.78, 5) is 23.3. The summed E-state index contributed by atoms with van der Waals surface area (Å²) in [5.41, 5.74) is 1.38. The number of esters is 1. The van der Waals surface area contributed by atoms with Crippen LogP contribution in [0.4, 0.5) is 0 Å². The lowest BCUT2D eigenvalue weighted by Crippen LogP contribution is -2.31. The molecule has 2 aromatic carbocycles. The van der Waals surface area contributed by atoms with Crippen LogP contribution in [0.5, 0.6) is 5.75 Å². The summed E-state index contributed by atoms with van der Waals surface area (Å²) < 4.78 is 10.0. The Labute approximate surface area is 145 Å². The highest BCUT2D eigenvalue weighted by Gasteiger charge is 2.10. The van der Waals surface area contributed by atoms with Crippen molar-refractivity contribution in [1.82, 2.24) is 5.32 Å². The molecule has 0 spiro atoms. The van der Waals surface area contributed by atoms with E-state index in [9.17, 15) is 9.59 Å².